The number of hydrogen-bond donors (Lipinski definition) is 0. The Hall–Kier alpha value is -1.39. The lowest BCUT2D eigenvalue weighted by Gasteiger charge is -2.22. The van der Waals surface area contributed by atoms with Crippen LogP contribution < -0.4 is 0 Å². The first-order valence-corrected chi connectivity index (χ1v) is 6.50. The first kappa shape index (κ1) is 15.7. The molecule has 0 amide bonds. The van der Waals surface area contributed by atoms with Crippen LogP contribution >= 0.6 is 0 Å². The Bertz CT molecular complexity index is 393. The molecule has 0 aliphatic carbocycles. The third-order valence-electron chi connectivity index (χ3n) is 3.13. The quantitative estimate of drug-likeness (QED) is 0.674. The van der Waals surface area contributed by atoms with E-state index in [1.54, 1.807) is 7.11 Å². The average Bonchev–Trinajstić information content (AvgIpc) is 2.43. The summed E-state index contributed by atoms with van der Waals surface area (Å²) in [5, 5.41) is 0. The molecular formula is C15H23NO3. The lowest BCUT2D eigenvalue weighted by Crippen LogP contribution is -2.29. The molecule has 0 radical (unpaired) electrons. The Balaban J connectivity index is 2.58. The molecule has 0 atom stereocenters. The van der Waals surface area contributed by atoms with Crippen molar-refractivity contribution >= 4 is 5.97 Å². The van der Waals surface area contributed by atoms with Crippen molar-refractivity contribution in [2.24, 2.45) is 0 Å². The number of benzene rings is 1. The third-order valence-corrected chi connectivity index (χ3v) is 3.13. The molecule has 1 rings (SSSR count). The Kier molecular flexibility index (Phi) is 7.15. The fourth-order valence-corrected chi connectivity index (χ4v) is 1.87. The molecule has 0 spiro atoms. The number of carbonyl (C=O) groups excluding carboxylic acids is 1. The summed E-state index contributed by atoms with van der Waals surface area (Å²) >= 11 is 0. The zero-order valence-corrected chi connectivity index (χ0v) is 12.0. The van der Waals surface area contributed by atoms with E-state index in [1.165, 1.54) is 18.2 Å². The minimum Gasteiger partial charge on any atom is -0.469 e. The van der Waals surface area contributed by atoms with E-state index in [2.05, 4.69) is 28.7 Å². The van der Waals surface area contributed by atoms with Crippen LogP contribution in [-0.4, -0.2) is 44.8 Å². The van der Waals surface area contributed by atoms with Crippen molar-refractivity contribution in [3.05, 3.63) is 35.4 Å². The van der Waals surface area contributed by atoms with Crippen molar-refractivity contribution in [2.45, 2.75) is 19.9 Å². The molecular weight excluding hydrogens is 242 g/mol. The molecule has 19 heavy (non-hydrogen) atoms. The third kappa shape index (κ3) is 5.85. The van der Waals surface area contributed by atoms with Gasteiger partial charge >= 0.3 is 5.97 Å². The number of carbonyl (C=O) groups is 1. The van der Waals surface area contributed by atoms with Crippen LogP contribution in [0.4, 0.5) is 0 Å². The second kappa shape index (κ2) is 8.67. The van der Waals surface area contributed by atoms with Crippen LogP contribution in [0.3, 0.4) is 0 Å². The number of hydrogen-bond acceptors (Lipinski definition) is 4. The van der Waals surface area contributed by atoms with Gasteiger partial charge in [-0.2, -0.15) is 0 Å². The summed E-state index contributed by atoms with van der Waals surface area (Å²) in [6, 6.07) is 8.29. The SMILES string of the molecule is COCCN(CCC(=O)OC)Cc1ccccc1C. The summed E-state index contributed by atoms with van der Waals surface area (Å²) < 4.78 is 9.80. The number of ether oxygens (including phenoxy) is 2. The molecule has 0 saturated carbocycles. The highest BCUT2D eigenvalue weighted by Crippen LogP contribution is 2.10. The van der Waals surface area contributed by atoms with Gasteiger partial charge in [-0.3, -0.25) is 9.69 Å². The standard InChI is InChI=1S/C15H23NO3/c1-13-6-4-5-7-14(13)12-16(10-11-18-2)9-8-15(17)19-3/h4-7H,8-12H2,1-3H3. The van der Waals surface area contributed by atoms with Gasteiger partial charge in [0.25, 0.3) is 0 Å². The Morgan fingerprint density at radius 3 is 2.58 bits per heavy atom. The molecule has 0 aliphatic rings. The van der Waals surface area contributed by atoms with Gasteiger partial charge in [-0.05, 0) is 18.1 Å². The van der Waals surface area contributed by atoms with E-state index >= 15 is 0 Å². The van der Waals surface area contributed by atoms with Crippen molar-refractivity contribution in [2.75, 3.05) is 33.9 Å². The summed E-state index contributed by atoms with van der Waals surface area (Å²) in [6.45, 7) is 5.08. The van der Waals surface area contributed by atoms with Crippen LogP contribution in [0, 0.1) is 6.92 Å². The highest BCUT2D eigenvalue weighted by molar-refractivity contribution is 5.69. The summed E-state index contributed by atoms with van der Waals surface area (Å²) in [6.07, 6.45) is 0.409. The summed E-state index contributed by atoms with van der Waals surface area (Å²) in [5.41, 5.74) is 2.55. The van der Waals surface area contributed by atoms with Crippen molar-refractivity contribution in [3.63, 3.8) is 0 Å². The molecule has 0 N–H and O–H groups in total. The molecule has 1 aromatic rings. The molecule has 0 fully saturated rings. The number of methoxy groups -OCH3 is 2. The van der Waals surface area contributed by atoms with Gasteiger partial charge in [0.05, 0.1) is 20.1 Å². The Morgan fingerprint density at radius 2 is 1.95 bits per heavy atom. The second-order valence-electron chi connectivity index (χ2n) is 4.52. The molecule has 0 unspecified atom stereocenters. The van der Waals surface area contributed by atoms with Crippen molar-refractivity contribution in [3.8, 4) is 0 Å². The van der Waals surface area contributed by atoms with Crippen LogP contribution in [0.1, 0.15) is 17.5 Å². The van der Waals surface area contributed by atoms with Gasteiger partial charge in [0, 0.05) is 26.7 Å². The topological polar surface area (TPSA) is 38.8 Å². The van der Waals surface area contributed by atoms with Crippen LogP contribution in [0.2, 0.25) is 0 Å². The zero-order valence-electron chi connectivity index (χ0n) is 12.0. The maximum atomic E-state index is 11.2. The van der Waals surface area contributed by atoms with E-state index in [0.29, 0.717) is 19.6 Å². The summed E-state index contributed by atoms with van der Waals surface area (Å²) in [4.78, 5) is 13.4. The van der Waals surface area contributed by atoms with Crippen molar-refractivity contribution < 1.29 is 14.3 Å². The summed E-state index contributed by atoms with van der Waals surface area (Å²) in [7, 11) is 3.11. The van der Waals surface area contributed by atoms with Gasteiger partial charge in [0.15, 0.2) is 0 Å². The normalized spacial score (nSPS) is 10.7. The average molecular weight is 265 g/mol. The molecule has 0 heterocycles. The van der Waals surface area contributed by atoms with Gasteiger partial charge < -0.3 is 9.47 Å². The first-order valence-electron chi connectivity index (χ1n) is 6.50. The highest BCUT2D eigenvalue weighted by Gasteiger charge is 2.10. The van der Waals surface area contributed by atoms with E-state index in [0.717, 1.165) is 13.1 Å². The Labute approximate surface area is 115 Å². The van der Waals surface area contributed by atoms with Crippen LogP contribution in [0.5, 0.6) is 0 Å². The van der Waals surface area contributed by atoms with E-state index in [-0.39, 0.29) is 5.97 Å². The fourth-order valence-electron chi connectivity index (χ4n) is 1.87. The lowest BCUT2D eigenvalue weighted by molar-refractivity contribution is -0.141. The lowest BCUT2D eigenvalue weighted by atomic mass is 10.1. The fraction of sp³-hybridized carbons (Fsp3) is 0.533. The van der Waals surface area contributed by atoms with E-state index in [1.807, 2.05) is 12.1 Å². The zero-order chi connectivity index (χ0) is 14.1. The largest absolute Gasteiger partial charge is 0.469 e. The molecule has 0 saturated heterocycles. The van der Waals surface area contributed by atoms with Crippen molar-refractivity contribution in [1.82, 2.24) is 4.90 Å². The smallest absolute Gasteiger partial charge is 0.306 e. The van der Waals surface area contributed by atoms with Crippen molar-refractivity contribution in [1.29, 1.82) is 0 Å². The highest BCUT2D eigenvalue weighted by atomic mass is 16.5. The Morgan fingerprint density at radius 1 is 1.21 bits per heavy atom. The first-order chi connectivity index (χ1) is 9.17. The molecule has 1 aromatic carbocycles. The van der Waals surface area contributed by atoms with Crippen LogP contribution in [0.25, 0.3) is 0 Å². The molecule has 0 aromatic heterocycles. The van der Waals surface area contributed by atoms with Gasteiger partial charge in [0.1, 0.15) is 0 Å². The van der Waals surface area contributed by atoms with Gasteiger partial charge in [-0.25, -0.2) is 0 Å². The summed E-state index contributed by atoms with van der Waals surface area (Å²) in [5.74, 6) is -0.174. The minimum absolute atomic E-state index is 0.174. The maximum absolute atomic E-state index is 11.2. The van der Waals surface area contributed by atoms with Gasteiger partial charge in [0.2, 0.25) is 0 Å². The minimum atomic E-state index is -0.174. The van der Waals surface area contributed by atoms with E-state index in [9.17, 15) is 4.79 Å². The second-order valence-corrected chi connectivity index (χ2v) is 4.52. The van der Waals surface area contributed by atoms with Gasteiger partial charge in [-0.15, -0.1) is 0 Å². The number of esters is 1. The maximum Gasteiger partial charge on any atom is 0.306 e. The molecule has 0 bridgehead atoms. The predicted octanol–water partition coefficient (Wildman–Crippen LogP) is 2.01. The van der Waals surface area contributed by atoms with Gasteiger partial charge in [-0.1, -0.05) is 24.3 Å². The van der Waals surface area contributed by atoms with Crippen LogP contribution in [-0.2, 0) is 20.8 Å². The molecule has 106 valence electrons. The van der Waals surface area contributed by atoms with E-state index < -0.39 is 0 Å². The number of nitrogens with zero attached hydrogens (tertiary/aromatic N) is 1. The molecule has 4 nitrogen and oxygen atoms in total. The molecule has 0 aliphatic heterocycles. The number of rotatable bonds is 8. The number of aryl methyl sites for hydroxylation is 1. The monoisotopic (exact) mass is 265 g/mol. The molecule has 4 heteroatoms. The van der Waals surface area contributed by atoms with Crippen LogP contribution in [0.15, 0.2) is 24.3 Å². The predicted molar refractivity (Wildman–Crippen MR) is 75.0 cm³/mol. The van der Waals surface area contributed by atoms with E-state index in [4.69, 9.17) is 4.74 Å².